The minimum Gasteiger partial charge on any atom is -0.480 e. The average Bonchev–Trinajstić information content (AvgIpc) is 2.29. The molecule has 0 radical (unpaired) electrons. The number of aliphatic carboxylic acids is 1. The summed E-state index contributed by atoms with van der Waals surface area (Å²) >= 11 is 0. The van der Waals surface area contributed by atoms with E-state index in [4.69, 9.17) is 15.6 Å². The van der Waals surface area contributed by atoms with Crippen molar-refractivity contribution in [1.29, 1.82) is 0 Å². The Morgan fingerprint density at radius 3 is 2.42 bits per heavy atom. The maximum absolute atomic E-state index is 11.9. The number of nitrogens with zero attached hydrogens (tertiary/aromatic N) is 1. The van der Waals surface area contributed by atoms with Gasteiger partial charge in [0.05, 0.1) is 18.4 Å². The molecule has 0 bridgehead atoms. The van der Waals surface area contributed by atoms with E-state index in [0.717, 1.165) is 11.2 Å². The zero-order valence-electron chi connectivity index (χ0n) is 11.0. The van der Waals surface area contributed by atoms with Gasteiger partial charge in [0.2, 0.25) is 5.91 Å². The lowest BCUT2D eigenvalue weighted by Gasteiger charge is -2.23. The molecular formula is C10H20N2O6S. The van der Waals surface area contributed by atoms with Crippen LogP contribution in [0.1, 0.15) is 6.42 Å². The van der Waals surface area contributed by atoms with Crippen molar-refractivity contribution < 1.29 is 27.9 Å². The number of carboxylic acid groups (broad SMARTS) is 1. The highest BCUT2D eigenvalue weighted by atomic mass is 32.2. The first kappa shape index (κ1) is 17.8. The predicted octanol–water partition coefficient (Wildman–Crippen LogP) is -1.69. The first-order chi connectivity index (χ1) is 8.67. The predicted molar refractivity (Wildman–Crippen MR) is 68.4 cm³/mol. The molecule has 8 nitrogen and oxygen atoms in total. The molecule has 112 valence electrons. The van der Waals surface area contributed by atoms with Gasteiger partial charge in [-0.2, -0.15) is 0 Å². The topological polar surface area (TPSA) is 127 Å². The van der Waals surface area contributed by atoms with E-state index in [2.05, 4.69) is 0 Å². The molecule has 0 fully saturated rings. The Labute approximate surface area is 112 Å². The maximum atomic E-state index is 11.9. The van der Waals surface area contributed by atoms with Crippen LogP contribution in [-0.4, -0.2) is 75.2 Å². The second-order valence-corrected chi connectivity index (χ2v) is 6.43. The first-order valence-corrected chi connectivity index (χ1v) is 7.66. The molecule has 0 aromatic carbocycles. The Kier molecular flexibility index (Phi) is 7.57. The summed E-state index contributed by atoms with van der Waals surface area (Å²) in [6.07, 6.45) is 1.00. The summed E-state index contributed by atoms with van der Waals surface area (Å²) in [5, 5.41) is 8.70. The second-order valence-electron chi connectivity index (χ2n) is 4.17. The number of carbonyl (C=O) groups excluding carboxylic acids is 1. The summed E-state index contributed by atoms with van der Waals surface area (Å²) in [5.41, 5.74) is 5.58. The van der Waals surface area contributed by atoms with Crippen molar-refractivity contribution in [2.75, 3.05) is 38.8 Å². The molecule has 0 spiro atoms. The fourth-order valence-corrected chi connectivity index (χ4v) is 2.01. The van der Waals surface area contributed by atoms with E-state index in [1.807, 2.05) is 0 Å². The van der Waals surface area contributed by atoms with Crippen LogP contribution in [-0.2, 0) is 24.2 Å². The molecule has 0 aliphatic heterocycles. The molecule has 0 aliphatic rings. The Morgan fingerprint density at radius 2 is 2.00 bits per heavy atom. The summed E-state index contributed by atoms with van der Waals surface area (Å²) in [6.45, 7) is -0.221. The van der Waals surface area contributed by atoms with Crippen molar-refractivity contribution >= 4 is 21.7 Å². The van der Waals surface area contributed by atoms with Gasteiger partial charge in [0.25, 0.3) is 0 Å². The molecule has 0 aliphatic carbocycles. The lowest BCUT2D eigenvalue weighted by atomic mass is 10.2. The molecule has 0 heterocycles. The van der Waals surface area contributed by atoms with E-state index in [0.29, 0.717) is 0 Å². The largest absolute Gasteiger partial charge is 0.480 e. The minimum atomic E-state index is -3.21. The van der Waals surface area contributed by atoms with Gasteiger partial charge >= 0.3 is 5.97 Å². The Bertz CT molecular complexity index is 408. The molecule has 0 aromatic heterocycles. The molecule has 1 amide bonds. The van der Waals surface area contributed by atoms with Crippen LogP contribution in [0, 0.1) is 0 Å². The number of sulfone groups is 1. The van der Waals surface area contributed by atoms with Crippen molar-refractivity contribution in [3.8, 4) is 0 Å². The second kappa shape index (κ2) is 8.08. The number of carboxylic acids is 1. The monoisotopic (exact) mass is 296 g/mol. The summed E-state index contributed by atoms with van der Waals surface area (Å²) in [5.74, 6) is -1.98. The van der Waals surface area contributed by atoms with Crippen molar-refractivity contribution in [2.45, 2.75) is 12.5 Å². The quantitative estimate of drug-likeness (QED) is 0.519. The standard InChI is InChI=1S/C10H20N2O6S/c1-18-5-4-12(7-9(13)14)10(15)8(11)3-6-19(2,16)17/h8H,3-7,11H2,1-2H3,(H,13,14). The molecular weight excluding hydrogens is 276 g/mol. The molecule has 0 rings (SSSR count). The van der Waals surface area contributed by atoms with E-state index in [1.54, 1.807) is 0 Å². The number of hydrogen-bond acceptors (Lipinski definition) is 6. The molecule has 0 saturated carbocycles. The van der Waals surface area contributed by atoms with Gasteiger partial charge in [-0.1, -0.05) is 0 Å². The van der Waals surface area contributed by atoms with Crippen LogP contribution in [0.3, 0.4) is 0 Å². The van der Waals surface area contributed by atoms with E-state index < -0.39 is 34.3 Å². The van der Waals surface area contributed by atoms with Crippen LogP contribution >= 0.6 is 0 Å². The van der Waals surface area contributed by atoms with E-state index in [9.17, 15) is 18.0 Å². The van der Waals surface area contributed by atoms with Gasteiger partial charge in [-0.05, 0) is 6.42 Å². The van der Waals surface area contributed by atoms with Crippen molar-refractivity contribution in [1.82, 2.24) is 4.90 Å². The van der Waals surface area contributed by atoms with Gasteiger partial charge in [-0.3, -0.25) is 9.59 Å². The third-order valence-electron chi connectivity index (χ3n) is 2.32. The highest BCUT2D eigenvalue weighted by molar-refractivity contribution is 7.90. The Morgan fingerprint density at radius 1 is 1.42 bits per heavy atom. The average molecular weight is 296 g/mol. The smallest absolute Gasteiger partial charge is 0.323 e. The fourth-order valence-electron chi connectivity index (χ4n) is 1.33. The van der Waals surface area contributed by atoms with Crippen LogP contribution in [0.25, 0.3) is 0 Å². The van der Waals surface area contributed by atoms with Crippen LogP contribution in [0.5, 0.6) is 0 Å². The van der Waals surface area contributed by atoms with E-state index in [-0.39, 0.29) is 25.3 Å². The highest BCUT2D eigenvalue weighted by Crippen LogP contribution is 2.00. The maximum Gasteiger partial charge on any atom is 0.323 e. The zero-order valence-corrected chi connectivity index (χ0v) is 11.9. The van der Waals surface area contributed by atoms with Gasteiger partial charge in [0.1, 0.15) is 16.4 Å². The first-order valence-electron chi connectivity index (χ1n) is 5.60. The van der Waals surface area contributed by atoms with E-state index >= 15 is 0 Å². The summed E-state index contributed by atoms with van der Waals surface area (Å²) in [4.78, 5) is 23.6. The van der Waals surface area contributed by atoms with Crippen molar-refractivity contribution in [3.05, 3.63) is 0 Å². The van der Waals surface area contributed by atoms with Gasteiger partial charge in [-0.25, -0.2) is 8.42 Å². The summed E-state index contributed by atoms with van der Waals surface area (Å²) in [7, 11) is -1.79. The number of carbonyl (C=O) groups is 2. The van der Waals surface area contributed by atoms with Gasteiger partial charge in [0.15, 0.2) is 0 Å². The molecule has 3 N–H and O–H groups in total. The summed E-state index contributed by atoms with van der Waals surface area (Å²) < 4.78 is 26.7. The molecule has 0 saturated heterocycles. The third-order valence-corrected chi connectivity index (χ3v) is 3.30. The van der Waals surface area contributed by atoms with Gasteiger partial charge in [-0.15, -0.1) is 0 Å². The molecule has 19 heavy (non-hydrogen) atoms. The number of methoxy groups -OCH3 is 1. The fraction of sp³-hybridized carbons (Fsp3) is 0.800. The molecule has 1 atom stereocenters. The third kappa shape index (κ3) is 8.51. The Hall–Kier alpha value is -1.19. The number of rotatable bonds is 9. The van der Waals surface area contributed by atoms with Crippen molar-refractivity contribution in [2.24, 2.45) is 5.73 Å². The molecule has 9 heteroatoms. The highest BCUT2D eigenvalue weighted by Gasteiger charge is 2.23. The molecule has 0 aromatic rings. The number of nitrogens with two attached hydrogens (primary N) is 1. The van der Waals surface area contributed by atoms with Crippen LogP contribution < -0.4 is 5.73 Å². The lowest BCUT2D eigenvalue weighted by Crippen LogP contribution is -2.47. The minimum absolute atomic E-state index is 0.0409. The number of amides is 1. The van der Waals surface area contributed by atoms with Crippen LogP contribution in [0.15, 0.2) is 0 Å². The normalized spacial score (nSPS) is 13.0. The Balaban J connectivity index is 4.54. The zero-order chi connectivity index (χ0) is 15.1. The van der Waals surface area contributed by atoms with Crippen molar-refractivity contribution in [3.63, 3.8) is 0 Å². The van der Waals surface area contributed by atoms with E-state index in [1.165, 1.54) is 7.11 Å². The SMILES string of the molecule is COCCN(CC(=O)O)C(=O)C(N)CCS(C)(=O)=O. The van der Waals surface area contributed by atoms with Gasteiger partial charge in [0, 0.05) is 19.9 Å². The number of ether oxygens (including phenoxy) is 1. The lowest BCUT2D eigenvalue weighted by molar-refractivity contribution is -0.145. The van der Waals surface area contributed by atoms with Crippen LogP contribution in [0.2, 0.25) is 0 Å². The van der Waals surface area contributed by atoms with Gasteiger partial charge < -0.3 is 20.5 Å². The van der Waals surface area contributed by atoms with Crippen LogP contribution in [0.4, 0.5) is 0 Å². The summed E-state index contributed by atoms with van der Waals surface area (Å²) in [6, 6.07) is -1.04. The molecule has 1 unspecified atom stereocenters. The number of hydrogen-bond donors (Lipinski definition) is 2.